The Hall–Kier alpha value is -0.0600. The second-order valence-electron chi connectivity index (χ2n) is 2.66. The highest BCUT2D eigenvalue weighted by Crippen LogP contribution is 2.38. The summed E-state index contributed by atoms with van der Waals surface area (Å²) in [6.07, 6.45) is 0.673. The van der Waals surface area contributed by atoms with Crippen LogP contribution in [0, 0.1) is 6.92 Å². The summed E-state index contributed by atoms with van der Waals surface area (Å²) in [7, 11) is 0. The van der Waals surface area contributed by atoms with E-state index in [4.69, 9.17) is 9.84 Å². The number of rotatable bonds is 4. The highest BCUT2D eigenvalue weighted by Gasteiger charge is 2.13. The van der Waals surface area contributed by atoms with Crippen molar-refractivity contribution in [1.82, 2.24) is 0 Å². The second kappa shape index (κ2) is 4.98. The number of hydrogen-bond donors (Lipinski definition) is 1. The van der Waals surface area contributed by atoms with Gasteiger partial charge in [-0.25, -0.2) is 0 Å². The summed E-state index contributed by atoms with van der Waals surface area (Å²) in [5.74, 6) is 0.938. The Balaban J connectivity index is 2.96. The van der Waals surface area contributed by atoms with Crippen molar-refractivity contribution >= 4 is 27.3 Å². The van der Waals surface area contributed by atoms with Gasteiger partial charge in [-0.2, -0.15) is 0 Å². The molecule has 0 bridgehead atoms. The maximum atomic E-state index is 8.85. The minimum atomic E-state index is 0.173. The van der Waals surface area contributed by atoms with E-state index in [0.29, 0.717) is 13.0 Å². The van der Waals surface area contributed by atoms with Crippen LogP contribution in [0.5, 0.6) is 5.75 Å². The van der Waals surface area contributed by atoms with Crippen molar-refractivity contribution in [3.8, 4) is 5.75 Å². The summed E-state index contributed by atoms with van der Waals surface area (Å²) >= 11 is 5.10. The van der Waals surface area contributed by atoms with Crippen LogP contribution in [0.15, 0.2) is 3.79 Å². The molecule has 1 rings (SSSR count). The second-order valence-corrected chi connectivity index (χ2v) is 5.08. The Morgan fingerprint density at radius 3 is 2.77 bits per heavy atom. The lowest BCUT2D eigenvalue weighted by molar-refractivity contribution is 0.294. The average molecular weight is 265 g/mol. The van der Waals surface area contributed by atoms with Crippen molar-refractivity contribution in [1.29, 1.82) is 0 Å². The molecule has 0 radical (unpaired) electrons. The summed E-state index contributed by atoms with van der Waals surface area (Å²) < 4.78 is 6.61. The van der Waals surface area contributed by atoms with E-state index in [2.05, 4.69) is 15.9 Å². The third kappa shape index (κ3) is 2.45. The molecule has 0 fully saturated rings. The van der Waals surface area contributed by atoms with Crippen LogP contribution in [0.3, 0.4) is 0 Å². The van der Waals surface area contributed by atoms with Gasteiger partial charge in [0.25, 0.3) is 0 Å². The number of halogens is 1. The van der Waals surface area contributed by atoms with Crippen molar-refractivity contribution in [3.63, 3.8) is 0 Å². The van der Waals surface area contributed by atoms with Gasteiger partial charge < -0.3 is 9.84 Å². The third-order valence-electron chi connectivity index (χ3n) is 1.73. The molecule has 0 aliphatic carbocycles. The zero-order valence-electron chi connectivity index (χ0n) is 7.76. The molecule has 1 N–H and O–H groups in total. The molecule has 0 amide bonds. The van der Waals surface area contributed by atoms with E-state index in [9.17, 15) is 0 Å². The molecule has 1 aromatic rings. The molecule has 0 unspecified atom stereocenters. The molecule has 0 aliphatic rings. The molecule has 1 aromatic heterocycles. The highest BCUT2D eigenvalue weighted by atomic mass is 79.9. The number of aliphatic hydroxyl groups is 1. The maximum absolute atomic E-state index is 8.85. The zero-order valence-corrected chi connectivity index (χ0v) is 10.2. The Morgan fingerprint density at radius 1 is 1.54 bits per heavy atom. The van der Waals surface area contributed by atoms with Crippen LogP contribution in [0.1, 0.15) is 17.4 Å². The Morgan fingerprint density at radius 2 is 2.23 bits per heavy atom. The molecule has 0 aromatic carbocycles. The van der Waals surface area contributed by atoms with Crippen LogP contribution in [-0.2, 0) is 6.42 Å². The molecule has 0 atom stereocenters. The first kappa shape index (κ1) is 11.0. The number of thiophene rings is 1. The van der Waals surface area contributed by atoms with Gasteiger partial charge in [0.2, 0.25) is 0 Å². The fraction of sp³-hybridized carbons (Fsp3) is 0.556. The molecule has 1 heterocycles. The van der Waals surface area contributed by atoms with Crippen LogP contribution < -0.4 is 4.74 Å². The molecule has 2 nitrogen and oxygen atoms in total. The van der Waals surface area contributed by atoms with Crippen LogP contribution in [-0.4, -0.2) is 18.3 Å². The topological polar surface area (TPSA) is 29.5 Å². The van der Waals surface area contributed by atoms with Crippen LogP contribution in [0.25, 0.3) is 0 Å². The lowest BCUT2D eigenvalue weighted by Crippen LogP contribution is -1.96. The van der Waals surface area contributed by atoms with Gasteiger partial charge >= 0.3 is 0 Å². The predicted octanol–water partition coefficient (Wildman–Crippen LogP) is 2.75. The average Bonchev–Trinajstić information content (AvgIpc) is 2.34. The molecule has 0 aliphatic heterocycles. The Labute approximate surface area is 90.7 Å². The molecular weight excluding hydrogens is 252 g/mol. The normalized spacial score (nSPS) is 10.5. The maximum Gasteiger partial charge on any atom is 0.137 e. The monoisotopic (exact) mass is 264 g/mol. The van der Waals surface area contributed by atoms with Crippen molar-refractivity contribution < 1.29 is 9.84 Å². The smallest absolute Gasteiger partial charge is 0.137 e. The number of hydrogen-bond acceptors (Lipinski definition) is 3. The van der Waals surface area contributed by atoms with E-state index < -0.39 is 0 Å². The minimum Gasteiger partial charge on any atom is -0.492 e. The quantitative estimate of drug-likeness (QED) is 0.907. The summed E-state index contributed by atoms with van der Waals surface area (Å²) in [4.78, 5) is 1.12. The van der Waals surface area contributed by atoms with Gasteiger partial charge in [-0.1, -0.05) is 0 Å². The van der Waals surface area contributed by atoms with Gasteiger partial charge in [0.05, 0.1) is 15.3 Å². The van der Waals surface area contributed by atoms with E-state index >= 15 is 0 Å². The first-order valence-corrected chi connectivity index (χ1v) is 5.83. The molecular formula is C9H13BrO2S. The van der Waals surface area contributed by atoms with Crippen molar-refractivity contribution in [2.75, 3.05) is 13.2 Å². The Bertz CT molecular complexity index is 283. The summed E-state index contributed by atoms with van der Waals surface area (Å²) in [6.45, 7) is 4.83. The molecule has 0 spiro atoms. The van der Waals surface area contributed by atoms with Crippen molar-refractivity contribution in [3.05, 3.63) is 14.2 Å². The fourth-order valence-corrected chi connectivity index (χ4v) is 2.86. The fourth-order valence-electron chi connectivity index (χ4n) is 1.13. The van der Waals surface area contributed by atoms with Gasteiger partial charge in [-0.15, -0.1) is 11.3 Å². The minimum absolute atomic E-state index is 0.173. The molecule has 0 saturated heterocycles. The number of ether oxygens (including phenoxy) is 1. The van der Waals surface area contributed by atoms with Gasteiger partial charge in [-0.3, -0.25) is 0 Å². The molecule has 4 heteroatoms. The predicted molar refractivity (Wildman–Crippen MR) is 58.7 cm³/mol. The van der Waals surface area contributed by atoms with Gasteiger partial charge in [0, 0.05) is 18.6 Å². The van der Waals surface area contributed by atoms with Crippen LogP contribution in [0.2, 0.25) is 0 Å². The van der Waals surface area contributed by atoms with Gasteiger partial charge in [0.1, 0.15) is 5.75 Å². The lowest BCUT2D eigenvalue weighted by Gasteiger charge is -2.04. The van der Waals surface area contributed by atoms with Gasteiger partial charge in [-0.05, 0) is 29.8 Å². The van der Waals surface area contributed by atoms with Gasteiger partial charge in [0.15, 0.2) is 0 Å². The van der Waals surface area contributed by atoms with E-state index in [1.165, 1.54) is 0 Å². The first-order chi connectivity index (χ1) is 6.20. The van der Waals surface area contributed by atoms with E-state index in [0.717, 1.165) is 20.0 Å². The van der Waals surface area contributed by atoms with E-state index in [-0.39, 0.29) is 6.61 Å². The van der Waals surface area contributed by atoms with E-state index in [1.807, 2.05) is 13.8 Å². The third-order valence-corrected chi connectivity index (χ3v) is 3.93. The first-order valence-electron chi connectivity index (χ1n) is 4.22. The summed E-state index contributed by atoms with van der Waals surface area (Å²) in [5, 5.41) is 8.85. The standard InChI is InChI=1S/C9H13BrO2S/c1-3-12-8-6(2)9(10)13-7(8)4-5-11/h11H,3-5H2,1-2H3. The van der Waals surface area contributed by atoms with Crippen molar-refractivity contribution in [2.45, 2.75) is 20.3 Å². The lowest BCUT2D eigenvalue weighted by atomic mass is 10.2. The number of aliphatic hydroxyl groups excluding tert-OH is 1. The van der Waals surface area contributed by atoms with Crippen LogP contribution >= 0.6 is 27.3 Å². The van der Waals surface area contributed by atoms with Crippen molar-refractivity contribution in [2.24, 2.45) is 0 Å². The van der Waals surface area contributed by atoms with E-state index in [1.54, 1.807) is 11.3 Å². The zero-order chi connectivity index (χ0) is 9.84. The molecule has 0 saturated carbocycles. The summed E-state index contributed by atoms with van der Waals surface area (Å²) in [6, 6.07) is 0. The molecule has 13 heavy (non-hydrogen) atoms. The molecule has 74 valence electrons. The van der Waals surface area contributed by atoms with Crippen LogP contribution in [0.4, 0.5) is 0 Å². The SMILES string of the molecule is CCOc1c(CCO)sc(Br)c1C. The summed E-state index contributed by atoms with van der Waals surface area (Å²) in [5.41, 5.74) is 1.13. The largest absolute Gasteiger partial charge is 0.492 e. The highest BCUT2D eigenvalue weighted by molar-refractivity contribution is 9.11. The Kier molecular flexibility index (Phi) is 4.22.